The van der Waals surface area contributed by atoms with Gasteiger partial charge >= 0.3 is 12.2 Å². The lowest BCUT2D eigenvalue weighted by molar-refractivity contribution is -0.115. The Bertz CT molecular complexity index is 1120. The predicted octanol–water partition coefficient (Wildman–Crippen LogP) is 4.95. The quantitative estimate of drug-likeness (QED) is 0.382. The number of hydrazine groups is 1. The van der Waals surface area contributed by atoms with Crippen LogP contribution in [0.15, 0.2) is 83.2 Å². The highest BCUT2D eigenvalue weighted by atomic mass is 32.1. The molecule has 34 heavy (non-hydrogen) atoms. The van der Waals surface area contributed by atoms with Crippen LogP contribution < -0.4 is 5.43 Å². The topological polar surface area (TPSA) is 97.3 Å². The largest absolute Gasteiger partial charge is 0.443 e. The molecule has 0 aliphatic heterocycles. The number of carbonyl (C=O) groups is 3. The molecule has 8 nitrogen and oxygen atoms in total. The third-order valence-electron chi connectivity index (χ3n) is 4.66. The van der Waals surface area contributed by atoms with Crippen molar-refractivity contribution in [1.82, 2.24) is 10.4 Å². The minimum Gasteiger partial charge on any atom is -0.443 e. The molecule has 176 valence electrons. The van der Waals surface area contributed by atoms with E-state index in [2.05, 4.69) is 10.4 Å². The summed E-state index contributed by atoms with van der Waals surface area (Å²) in [7, 11) is 0. The molecule has 3 rings (SSSR count). The number of aliphatic imine (C=N–C) groups is 1. The highest BCUT2D eigenvalue weighted by molar-refractivity contribution is 7.12. The van der Waals surface area contributed by atoms with E-state index in [9.17, 15) is 14.4 Å². The lowest BCUT2D eigenvalue weighted by atomic mass is 10.1. The second kappa shape index (κ2) is 12.3. The van der Waals surface area contributed by atoms with Crippen molar-refractivity contribution in [3.05, 3.63) is 94.2 Å². The predicted molar refractivity (Wildman–Crippen MR) is 129 cm³/mol. The van der Waals surface area contributed by atoms with Gasteiger partial charge in [-0.2, -0.15) is 0 Å². The van der Waals surface area contributed by atoms with Crippen LogP contribution in [0.4, 0.5) is 9.59 Å². The van der Waals surface area contributed by atoms with Crippen molar-refractivity contribution in [2.75, 3.05) is 0 Å². The summed E-state index contributed by atoms with van der Waals surface area (Å²) in [5.74, 6) is -0.431. The number of rotatable bonds is 7. The maximum atomic E-state index is 13.0. The fourth-order valence-corrected chi connectivity index (χ4v) is 3.81. The Morgan fingerprint density at radius 1 is 0.912 bits per heavy atom. The van der Waals surface area contributed by atoms with E-state index < -0.39 is 24.1 Å². The maximum absolute atomic E-state index is 13.0. The van der Waals surface area contributed by atoms with Crippen molar-refractivity contribution in [3.8, 4) is 0 Å². The molecule has 0 radical (unpaired) electrons. The average Bonchev–Trinajstić information content (AvgIpc) is 3.38. The Kier molecular flexibility index (Phi) is 8.93. The Hall–Kier alpha value is -3.98. The molecule has 0 saturated heterocycles. The Morgan fingerprint density at radius 2 is 1.50 bits per heavy atom. The number of amides is 3. The van der Waals surface area contributed by atoms with Gasteiger partial charge in [0, 0.05) is 6.92 Å². The molecule has 0 aliphatic rings. The van der Waals surface area contributed by atoms with Crippen LogP contribution in [0.1, 0.15) is 29.9 Å². The number of benzene rings is 2. The van der Waals surface area contributed by atoms with Crippen molar-refractivity contribution in [2.24, 2.45) is 4.99 Å². The van der Waals surface area contributed by atoms with Gasteiger partial charge < -0.3 is 9.47 Å². The second-order valence-corrected chi connectivity index (χ2v) is 8.20. The summed E-state index contributed by atoms with van der Waals surface area (Å²) < 4.78 is 10.7. The summed E-state index contributed by atoms with van der Waals surface area (Å²) in [6, 6.07) is 21.1. The molecule has 1 N–H and O–H groups in total. The first kappa shape index (κ1) is 24.7. The Labute approximate surface area is 201 Å². The van der Waals surface area contributed by atoms with Crippen LogP contribution >= 0.6 is 11.3 Å². The van der Waals surface area contributed by atoms with Crippen LogP contribution in [-0.4, -0.2) is 34.9 Å². The van der Waals surface area contributed by atoms with Gasteiger partial charge in [-0.15, -0.1) is 11.3 Å². The van der Waals surface area contributed by atoms with E-state index in [-0.39, 0.29) is 13.2 Å². The second-order valence-electron chi connectivity index (χ2n) is 7.25. The molecule has 0 saturated carbocycles. The number of hydrogen-bond donors (Lipinski definition) is 1. The zero-order chi connectivity index (χ0) is 24.3. The highest BCUT2D eigenvalue weighted by Crippen LogP contribution is 2.17. The van der Waals surface area contributed by atoms with Crippen molar-refractivity contribution in [1.29, 1.82) is 0 Å². The summed E-state index contributed by atoms with van der Waals surface area (Å²) >= 11 is 1.36. The normalized spacial score (nSPS) is 11.9. The SMILES string of the molecule is CC(=O)N=C(c1cccs1)C(C)N(NC(=O)OCc1ccccc1)C(=O)OCc1ccccc1. The first-order valence-electron chi connectivity index (χ1n) is 10.5. The van der Waals surface area contributed by atoms with E-state index in [1.165, 1.54) is 18.3 Å². The van der Waals surface area contributed by atoms with Gasteiger partial charge in [-0.3, -0.25) is 4.79 Å². The molecule has 1 heterocycles. The van der Waals surface area contributed by atoms with Gasteiger partial charge in [-0.05, 0) is 29.5 Å². The molecular weight excluding hydrogens is 454 g/mol. The molecule has 3 aromatic rings. The number of nitrogens with zero attached hydrogens (tertiary/aromatic N) is 2. The van der Waals surface area contributed by atoms with Crippen LogP contribution in [0, 0.1) is 0 Å². The maximum Gasteiger partial charge on any atom is 0.429 e. The molecule has 0 aliphatic carbocycles. The summed E-state index contributed by atoms with van der Waals surface area (Å²) in [6.07, 6.45) is -1.67. The van der Waals surface area contributed by atoms with Crippen molar-refractivity contribution >= 4 is 35.1 Å². The van der Waals surface area contributed by atoms with Gasteiger partial charge in [0.2, 0.25) is 5.91 Å². The standard InChI is InChI=1S/C25H25N3O5S/c1-18(23(26-19(2)29)22-14-9-15-34-22)28(25(31)33-17-21-12-7-4-8-13-21)27-24(30)32-16-20-10-5-3-6-11-20/h3-15,18H,16-17H2,1-2H3,(H,27,30). The summed E-state index contributed by atoms with van der Waals surface area (Å²) in [5, 5.41) is 2.81. The van der Waals surface area contributed by atoms with E-state index in [4.69, 9.17) is 9.47 Å². The van der Waals surface area contributed by atoms with E-state index >= 15 is 0 Å². The van der Waals surface area contributed by atoms with E-state index in [0.29, 0.717) is 10.6 Å². The van der Waals surface area contributed by atoms with Gasteiger partial charge in [-0.1, -0.05) is 66.7 Å². The number of nitrogens with one attached hydrogen (secondary N) is 1. The molecule has 1 aromatic heterocycles. The molecule has 3 amide bonds. The molecule has 0 spiro atoms. The number of ether oxygens (including phenoxy) is 2. The fourth-order valence-electron chi connectivity index (χ4n) is 3.01. The molecule has 2 aromatic carbocycles. The van der Waals surface area contributed by atoms with Crippen molar-refractivity contribution in [2.45, 2.75) is 33.1 Å². The Morgan fingerprint density at radius 3 is 2.03 bits per heavy atom. The lowest BCUT2D eigenvalue weighted by Gasteiger charge is -2.28. The van der Waals surface area contributed by atoms with E-state index in [1.54, 1.807) is 13.0 Å². The van der Waals surface area contributed by atoms with Crippen LogP contribution in [0.2, 0.25) is 0 Å². The Balaban J connectivity index is 1.78. The summed E-state index contributed by atoms with van der Waals surface area (Å²) in [6.45, 7) is 2.98. The third kappa shape index (κ3) is 7.28. The van der Waals surface area contributed by atoms with Gasteiger partial charge in [0.15, 0.2) is 0 Å². The van der Waals surface area contributed by atoms with Gasteiger partial charge in [0.1, 0.15) is 13.2 Å². The van der Waals surface area contributed by atoms with Crippen LogP contribution in [0.25, 0.3) is 0 Å². The molecule has 0 bridgehead atoms. The highest BCUT2D eigenvalue weighted by Gasteiger charge is 2.30. The number of carbonyl (C=O) groups excluding carboxylic acids is 3. The van der Waals surface area contributed by atoms with E-state index in [0.717, 1.165) is 16.1 Å². The zero-order valence-electron chi connectivity index (χ0n) is 18.8. The van der Waals surface area contributed by atoms with Gasteiger partial charge in [0.05, 0.1) is 16.6 Å². The molecular formula is C25H25N3O5S. The zero-order valence-corrected chi connectivity index (χ0v) is 19.7. The van der Waals surface area contributed by atoms with Gasteiger partial charge in [-0.25, -0.2) is 25.0 Å². The van der Waals surface area contributed by atoms with Crippen molar-refractivity contribution in [3.63, 3.8) is 0 Å². The van der Waals surface area contributed by atoms with Crippen molar-refractivity contribution < 1.29 is 23.9 Å². The summed E-state index contributed by atoms with van der Waals surface area (Å²) in [5.41, 5.74) is 4.35. The average molecular weight is 480 g/mol. The molecule has 1 unspecified atom stereocenters. The number of hydrogen-bond acceptors (Lipinski definition) is 6. The fraction of sp³-hybridized carbons (Fsp3) is 0.200. The number of thiophene rings is 1. The smallest absolute Gasteiger partial charge is 0.429 e. The third-order valence-corrected chi connectivity index (χ3v) is 5.55. The molecule has 0 fully saturated rings. The van der Waals surface area contributed by atoms with E-state index in [1.807, 2.05) is 72.1 Å². The molecule has 1 atom stereocenters. The summed E-state index contributed by atoms with van der Waals surface area (Å²) in [4.78, 5) is 42.2. The minimum atomic E-state index is -0.847. The van der Waals surface area contributed by atoms with Crippen LogP contribution in [0.5, 0.6) is 0 Å². The van der Waals surface area contributed by atoms with Crippen LogP contribution in [0.3, 0.4) is 0 Å². The van der Waals surface area contributed by atoms with Gasteiger partial charge in [0.25, 0.3) is 0 Å². The monoisotopic (exact) mass is 479 g/mol. The lowest BCUT2D eigenvalue weighted by Crippen LogP contribution is -2.54. The van der Waals surface area contributed by atoms with Crippen LogP contribution in [-0.2, 0) is 27.5 Å². The minimum absolute atomic E-state index is 0.00181. The molecule has 9 heteroatoms. The first-order chi connectivity index (χ1) is 16.4. The first-order valence-corrected chi connectivity index (χ1v) is 11.4.